The molecule has 10 nitrogen and oxygen atoms in total. The van der Waals surface area contributed by atoms with Gasteiger partial charge in [-0.2, -0.15) is 0 Å². The average Bonchev–Trinajstić information content (AvgIpc) is 3.23. The van der Waals surface area contributed by atoms with E-state index in [9.17, 15) is 33.8 Å². The van der Waals surface area contributed by atoms with E-state index in [1.54, 1.807) is 24.3 Å². The number of carboxylic acids is 2. The highest BCUT2D eigenvalue weighted by atomic mass is 35.5. The third-order valence-corrected chi connectivity index (χ3v) is 6.34. The SMILES string of the molecule is CN1CC[C@@H](CN(C(=O)OC(=O)C[C@](O)(CC(=O)O)C(=O)O)c2ccccc2-c2ccc(F)c(Cl)c2)C1. The number of carbonyl (C=O) groups is 4. The van der Waals surface area contributed by atoms with Crippen molar-refractivity contribution in [3.63, 3.8) is 0 Å². The summed E-state index contributed by atoms with van der Waals surface area (Å²) >= 11 is 5.96. The third kappa shape index (κ3) is 7.03. The van der Waals surface area contributed by atoms with E-state index in [1.165, 1.54) is 23.1 Å². The summed E-state index contributed by atoms with van der Waals surface area (Å²) in [6, 6.07) is 10.7. The number of para-hydroxylation sites is 1. The number of carboxylic acid groups (broad SMARTS) is 2. The lowest BCUT2D eigenvalue weighted by molar-refractivity contribution is -0.170. The Labute approximate surface area is 216 Å². The Kier molecular flexibility index (Phi) is 8.85. The molecule has 12 heteroatoms. The number of halogens is 2. The highest BCUT2D eigenvalue weighted by Gasteiger charge is 2.42. The molecular weight excluding hydrogens is 511 g/mol. The molecule has 2 atom stereocenters. The number of aliphatic hydroxyl groups is 1. The fraction of sp³-hybridized carbons (Fsp3) is 0.360. The van der Waals surface area contributed by atoms with Gasteiger partial charge in [0.2, 0.25) is 0 Å². The summed E-state index contributed by atoms with van der Waals surface area (Å²) in [5.41, 5.74) is -1.63. The van der Waals surface area contributed by atoms with Crippen LogP contribution in [0.1, 0.15) is 19.3 Å². The zero-order chi connectivity index (χ0) is 27.3. The monoisotopic (exact) mass is 536 g/mol. The van der Waals surface area contributed by atoms with Crippen molar-refractivity contribution in [2.45, 2.75) is 24.9 Å². The topological polar surface area (TPSA) is 145 Å². The highest BCUT2D eigenvalue weighted by molar-refractivity contribution is 6.31. The lowest BCUT2D eigenvalue weighted by Gasteiger charge is -2.27. The second-order valence-electron chi connectivity index (χ2n) is 9.00. The molecule has 1 heterocycles. The molecule has 0 saturated carbocycles. The molecular formula is C25H26ClFN2O8. The van der Waals surface area contributed by atoms with Crippen molar-refractivity contribution in [3.05, 3.63) is 53.3 Å². The van der Waals surface area contributed by atoms with Crippen LogP contribution in [0.25, 0.3) is 11.1 Å². The van der Waals surface area contributed by atoms with E-state index in [2.05, 4.69) is 4.90 Å². The van der Waals surface area contributed by atoms with Crippen molar-refractivity contribution < 1.29 is 43.6 Å². The second kappa shape index (κ2) is 11.7. The number of ether oxygens (including phenoxy) is 1. The molecule has 3 N–H and O–H groups in total. The maximum atomic E-state index is 13.8. The molecule has 1 fully saturated rings. The molecule has 2 aromatic rings. The summed E-state index contributed by atoms with van der Waals surface area (Å²) in [7, 11) is 1.93. The number of anilines is 1. The molecule has 2 aromatic carbocycles. The van der Waals surface area contributed by atoms with Crippen LogP contribution in [0.4, 0.5) is 14.9 Å². The van der Waals surface area contributed by atoms with Crippen LogP contribution < -0.4 is 4.90 Å². The van der Waals surface area contributed by atoms with Gasteiger partial charge in [-0.05, 0) is 49.7 Å². The van der Waals surface area contributed by atoms with Gasteiger partial charge in [-0.3, -0.25) is 14.5 Å². The van der Waals surface area contributed by atoms with Gasteiger partial charge in [-0.15, -0.1) is 0 Å². The Morgan fingerprint density at radius 3 is 2.46 bits per heavy atom. The number of rotatable bonds is 9. The Balaban J connectivity index is 1.93. The van der Waals surface area contributed by atoms with Gasteiger partial charge in [0.1, 0.15) is 5.82 Å². The standard InChI is InChI=1S/C25H26ClFN2O8/c1-28-9-8-15(13-28)14-29(24(35)37-22(32)12-25(36,23(33)34)11-21(30)31)20-5-3-2-4-17(20)16-6-7-19(27)18(26)10-16/h2-7,10,15,36H,8-9,11-14H2,1H3,(H,30,31)(H,33,34)/t15-,25-/m1/s1. The van der Waals surface area contributed by atoms with Crippen LogP contribution in [-0.2, 0) is 19.1 Å². The van der Waals surface area contributed by atoms with Crippen LogP contribution >= 0.6 is 11.6 Å². The Morgan fingerprint density at radius 1 is 1.16 bits per heavy atom. The summed E-state index contributed by atoms with van der Waals surface area (Å²) < 4.78 is 18.7. The Hall–Kier alpha value is -3.54. The van der Waals surface area contributed by atoms with Gasteiger partial charge in [0.25, 0.3) is 0 Å². The molecule has 0 bridgehead atoms. The maximum absolute atomic E-state index is 13.8. The zero-order valence-corrected chi connectivity index (χ0v) is 20.7. The molecule has 37 heavy (non-hydrogen) atoms. The predicted molar refractivity (Wildman–Crippen MR) is 131 cm³/mol. The van der Waals surface area contributed by atoms with E-state index in [4.69, 9.17) is 21.4 Å². The Morgan fingerprint density at radius 2 is 1.86 bits per heavy atom. The minimum Gasteiger partial charge on any atom is -0.481 e. The van der Waals surface area contributed by atoms with Crippen molar-refractivity contribution in [2.24, 2.45) is 5.92 Å². The first kappa shape index (κ1) is 28.0. The zero-order valence-electron chi connectivity index (χ0n) is 19.9. The Bertz CT molecular complexity index is 1210. The molecule has 0 radical (unpaired) electrons. The number of aliphatic carboxylic acids is 2. The van der Waals surface area contributed by atoms with E-state index in [0.717, 1.165) is 13.0 Å². The summed E-state index contributed by atoms with van der Waals surface area (Å²) in [5, 5.41) is 28.1. The van der Waals surface area contributed by atoms with Crippen LogP contribution in [0.2, 0.25) is 5.02 Å². The fourth-order valence-corrected chi connectivity index (χ4v) is 4.39. The highest BCUT2D eigenvalue weighted by Crippen LogP contribution is 2.34. The lowest BCUT2D eigenvalue weighted by Crippen LogP contribution is -2.44. The molecule has 1 aliphatic rings. The molecule has 1 amide bonds. The van der Waals surface area contributed by atoms with Gasteiger partial charge in [-0.25, -0.2) is 14.0 Å². The van der Waals surface area contributed by atoms with Gasteiger partial charge in [-0.1, -0.05) is 35.9 Å². The van der Waals surface area contributed by atoms with Crippen LogP contribution in [0, 0.1) is 11.7 Å². The van der Waals surface area contributed by atoms with Crippen LogP contribution in [0.15, 0.2) is 42.5 Å². The predicted octanol–water partition coefficient (Wildman–Crippen LogP) is 3.25. The van der Waals surface area contributed by atoms with Crippen LogP contribution in [0.3, 0.4) is 0 Å². The van der Waals surface area contributed by atoms with E-state index < -0.39 is 48.3 Å². The van der Waals surface area contributed by atoms with Crippen molar-refractivity contribution in [3.8, 4) is 11.1 Å². The smallest absolute Gasteiger partial charge is 0.422 e. The van der Waals surface area contributed by atoms with Crippen molar-refractivity contribution in [1.29, 1.82) is 0 Å². The van der Waals surface area contributed by atoms with Crippen molar-refractivity contribution in [2.75, 3.05) is 31.6 Å². The third-order valence-electron chi connectivity index (χ3n) is 6.06. The molecule has 198 valence electrons. The number of benzene rings is 2. The van der Waals surface area contributed by atoms with Gasteiger partial charge in [0.15, 0.2) is 5.60 Å². The molecule has 3 rings (SSSR count). The average molecular weight is 537 g/mol. The summed E-state index contributed by atoms with van der Waals surface area (Å²) in [6.45, 7) is 1.60. The van der Waals surface area contributed by atoms with E-state index >= 15 is 0 Å². The summed E-state index contributed by atoms with van der Waals surface area (Å²) in [6.07, 6.45) is -2.90. The number of carbonyl (C=O) groups excluding carboxylic acids is 2. The first-order valence-corrected chi connectivity index (χ1v) is 11.7. The van der Waals surface area contributed by atoms with E-state index in [0.29, 0.717) is 23.4 Å². The van der Waals surface area contributed by atoms with Gasteiger partial charge >= 0.3 is 24.0 Å². The largest absolute Gasteiger partial charge is 0.481 e. The van der Waals surface area contributed by atoms with Crippen molar-refractivity contribution >= 4 is 41.3 Å². The van der Waals surface area contributed by atoms with Gasteiger partial charge < -0.3 is 25.0 Å². The molecule has 0 aromatic heterocycles. The molecule has 0 unspecified atom stereocenters. The summed E-state index contributed by atoms with van der Waals surface area (Å²) in [5.74, 6) is -5.61. The molecule has 0 spiro atoms. The molecule has 1 aliphatic heterocycles. The molecule has 1 saturated heterocycles. The fourth-order valence-electron chi connectivity index (χ4n) is 4.21. The minimum atomic E-state index is -2.95. The van der Waals surface area contributed by atoms with Gasteiger partial charge in [0, 0.05) is 18.7 Å². The van der Waals surface area contributed by atoms with Crippen LogP contribution in [-0.4, -0.2) is 76.5 Å². The van der Waals surface area contributed by atoms with E-state index in [-0.39, 0.29) is 17.5 Å². The minimum absolute atomic E-state index is 0.0143. The number of amides is 1. The maximum Gasteiger partial charge on any atom is 0.422 e. The number of hydrogen-bond donors (Lipinski definition) is 3. The number of nitrogens with zero attached hydrogens (tertiary/aromatic N) is 2. The number of esters is 1. The van der Waals surface area contributed by atoms with Crippen molar-refractivity contribution in [1.82, 2.24) is 4.90 Å². The first-order valence-electron chi connectivity index (χ1n) is 11.3. The second-order valence-corrected chi connectivity index (χ2v) is 9.40. The van der Waals surface area contributed by atoms with E-state index in [1.807, 2.05) is 7.05 Å². The number of likely N-dealkylation sites (tertiary alicyclic amines) is 1. The lowest BCUT2D eigenvalue weighted by atomic mass is 9.96. The first-order chi connectivity index (χ1) is 17.4. The quantitative estimate of drug-likeness (QED) is 0.325. The normalized spacial score (nSPS) is 17.1. The van der Waals surface area contributed by atoms with Crippen LogP contribution in [0.5, 0.6) is 0 Å². The van der Waals surface area contributed by atoms with Gasteiger partial charge in [0.05, 0.1) is 23.6 Å². The number of hydrogen-bond acceptors (Lipinski definition) is 7. The molecule has 0 aliphatic carbocycles. The summed E-state index contributed by atoms with van der Waals surface area (Å²) in [4.78, 5) is 51.3.